The number of anilines is 1. The molecule has 0 aliphatic heterocycles. The Kier molecular flexibility index (Phi) is 3.42. The van der Waals surface area contributed by atoms with Crippen molar-refractivity contribution in [2.75, 3.05) is 5.32 Å². The number of H-pyrrole nitrogens is 1. The molecule has 96 valence electrons. The molecule has 6 nitrogen and oxygen atoms in total. The molecule has 0 radical (unpaired) electrons. The second kappa shape index (κ2) is 5.18. The number of hydrogen-bond donors (Lipinski definition) is 2. The second-order valence-electron chi connectivity index (χ2n) is 3.27. The highest BCUT2D eigenvalue weighted by Gasteiger charge is 2.13. The molecule has 1 aromatic heterocycles. The summed E-state index contributed by atoms with van der Waals surface area (Å²) in [4.78, 5) is 0. The van der Waals surface area contributed by atoms with E-state index < -0.39 is 23.1 Å². The lowest BCUT2D eigenvalue weighted by atomic mass is 10.2. The number of nitrogens with zero attached hydrogens (tertiary/aromatic N) is 4. The average Bonchev–Trinajstić information content (AvgIpc) is 2.92. The van der Waals surface area contributed by atoms with Gasteiger partial charge in [-0.1, -0.05) is 0 Å². The van der Waals surface area contributed by atoms with Crippen LogP contribution in [0.25, 0.3) is 5.57 Å². The Morgan fingerprint density at radius 2 is 2.05 bits per heavy atom. The first-order valence-electron chi connectivity index (χ1n) is 4.87. The van der Waals surface area contributed by atoms with Crippen LogP contribution in [-0.2, 0) is 0 Å². The van der Waals surface area contributed by atoms with Gasteiger partial charge in [0.05, 0.1) is 0 Å². The van der Waals surface area contributed by atoms with E-state index >= 15 is 0 Å². The van der Waals surface area contributed by atoms with Crippen LogP contribution in [-0.4, -0.2) is 20.6 Å². The molecule has 2 rings (SSSR count). The first-order chi connectivity index (χ1) is 9.13. The minimum atomic E-state index is -1.39. The van der Waals surface area contributed by atoms with Crippen molar-refractivity contribution in [3.63, 3.8) is 0 Å². The SMILES string of the molecule is N#CC(=CNc1c(F)ccc(F)c1F)c1nn[nH]n1. The van der Waals surface area contributed by atoms with Crippen LogP contribution in [0.15, 0.2) is 18.3 Å². The van der Waals surface area contributed by atoms with Crippen molar-refractivity contribution >= 4 is 11.3 Å². The molecule has 9 heteroatoms. The number of hydrogen-bond acceptors (Lipinski definition) is 5. The standard InChI is InChI=1S/C10H5F3N6/c11-6-1-2-7(12)9(8(6)13)15-4-5(3-14)10-16-18-19-17-10/h1-2,4,15H,(H,16,17,18,19). The summed E-state index contributed by atoms with van der Waals surface area (Å²) in [5, 5.41) is 23.4. The molecule has 0 fully saturated rings. The monoisotopic (exact) mass is 266 g/mol. The Balaban J connectivity index is 2.32. The Labute approximate surface area is 104 Å². The molecule has 0 amide bonds. The maximum absolute atomic E-state index is 13.3. The third-order valence-corrected chi connectivity index (χ3v) is 2.11. The van der Waals surface area contributed by atoms with Crippen molar-refractivity contribution in [3.8, 4) is 6.07 Å². The summed E-state index contributed by atoms with van der Waals surface area (Å²) in [6.45, 7) is 0. The largest absolute Gasteiger partial charge is 0.355 e. The Bertz CT molecular complexity index is 659. The van der Waals surface area contributed by atoms with Gasteiger partial charge in [0.1, 0.15) is 23.1 Å². The van der Waals surface area contributed by atoms with Gasteiger partial charge in [-0.3, -0.25) is 0 Å². The normalized spacial score (nSPS) is 11.2. The molecule has 0 spiro atoms. The first kappa shape index (κ1) is 12.6. The molecule has 0 saturated heterocycles. The van der Waals surface area contributed by atoms with E-state index in [4.69, 9.17) is 5.26 Å². The average molecular weight is 266 g/mol. The quantitative estimate of drug-likeness (QED) is 0.650. The highest BCUT2D eigenvalue weighted by molar-refractivity contribution is 5.74. The van der Waals surface area contributed by atoms with E-state index in [1.807, 2.05) is 0 Å². The summed E-state index contributed by atoms with van der Waals surface area (Å²) in [6.07, 6.45) is 0.950. The lowest BCUT2D eigenvalue weighted by Crippen LogP contribution is -2.00. The molecule has 0 saturated carbocycles. The Morgan fingerprint density at radius 1 is 1.32 bits per heavy atom. The number of nitriles is 1. The van der Waals surface area contributed by atoms with E-state index in [0.29, 0.717) is 6.07 Å². The van der Waals surface area contributed by atoms with Crippen LogP contribution >= 0.6 is 0 Å². The smallest absolute Gasteiger partial charge is 0.216 e. The predicted molar refractivity (Wildman–Crippen MR) is 57.7 cm³/mol. The van der Waals surface area contributed by atoms with Crippen LogP contribution in [0.5, 0.6) is 0 Å². The van der Waals surface area contributed by atoms with Crippen LogP contribution in [0.1, 0.15) is 5.82 Å². The first-order valence-corrected chi connectivity index (χ1v) is 4.87. The number of allylic oxidation sites excluding steroid dienone is 1. The van der Waals surface area contributed by atoms with Crippen molar-refractivity contribution < 1.29 is 13.2 Å². The van der Waals surface area contributed by atoms with E-state index in [0.717, 1.165) is 12.3 Å². The third-order valence-electron chi connectivity index (χ3n) is 2.11. The molecule has 1 aromatic carbocycles. The van der Waals surface area contributed by atoms with Gasteiger partial charge in [0.2, 0.25) is 5.82 Å². The maximum Gasteiger partial charge on any atom is 0.216 e. The van der Waals surface area contributed by atoms with Gasteiger partial charge < -0.3 is 5.32 Å². The minimum Gasteiger partial charge on any atom is -0.355 e. The van der Waals surface area contributed by atoms with Crippen molar-refractivity contribution in [1.29, 1.82) is 5.26 Å². The predicted octanol–water partition coefficient (Wildman–Crippen LogP) is 1.59. The molecule has 2 aromatic rings. The van der Waals surface area contributed by atoms with E-state index in [-0.39, 0.29) is 11.4 Å². The molecule has 19 heavy (non-hydrogen) atoms. The molecular weight excluding hydrogens is 261 g/mol. The van der Waals surface area contributed by atoms with E-state index in [1.165, 1.54) is 0 Å². The Morgan fingerprint density at radius 3 is 2.68 bits per heavy atom. The van der Waals surface area contributed by atoms with Gasteiger partial charge in [-0.25, -0.2) is 13.2 Å². The van der Waals surface area contributed by atoms with Gasteiger partial charge in [0.15, 0.2) is 11.6 Å². The third kappa shape index (κ3) is 2.52. The lowest BCUT2D eigenvalue weighted by molar-refractivity contribution is 0.500. The molecule has 0 aliphatic carbocycles. The molecule has 2 N–H and O–H groups in total. The van der Waals surface area contributed by atoms with Crippen LogP contribution in [0.3, 0.4) is 0 Å². The molecule has 0 atom stereocenters. The molecule has 0 aliphatic rings. The summed E-state index contributed by atoms with van der Waals surface area (Å²) in [7, 11) is 0. The van der Waals surface area contributed by atoms with Crippen LogP contribution in [0.2, 0.25) is 0 Å². The van der Waals surface area contributed by atoms with E-state index in [1.54, 1.807) is 6.07 Å². The summed E-state index contributed by atoms with van der Waals surface area (Å²) in [5.41, 5.74) is -0.840. The highest BCUT2D eigenvalue weighted by Crippen LogP contribution is 2.21. The molecular formula is C10H5F3N6. The van der Waals surface area contributed by atoms with Gasteiger partial charge in [0, 0.05) is 6.20 Å². The summed E-state index contributed by atoms with van der Waals surface area (Å²) >= 11 is 0. The zero-order valence-electron chi connectivity index (χ0n) is 9.15. The topological polar surface area (TPSA) is 90.3 Å². The van der Waals surface area contributed by atoms with E-state index in [2.05, 4.69) is 25.9 Å². The fourth-order valence-electron chi connectivity index (χ4n) is 1.23. The maximum atomic E-state index is 13.3. The van der Waals surface area contributed by atoms with Crippen molar-refractivity contribution in [2.45, 2.75) is 0 Å². The number of aromatic amines is 1. The zero-order valence-corrected chi connectivity index (χ0v) is 9.15. The number of halogens is 3. The Hall–Kier alpha value is -2.89. The van der Waals surface area contributed by atoms with Gasteiger partial charge >= 0.3 is 0 Å². The summed E-state index contributed by atoms with van der Waals surface area (Å²) in [6, 6.07) is 3.12. The molecule has 1 heterocycles. The number of aromatic nitrogens is 4. The fourth-order valence-corrected chi connectivity index (χ4v) is 1.23. The van der Waals surface area contributed by atoms with E-state index in [9.17, 15) is 13.2 Å². The number of benzene rings is 1. The number of rotatable bonds is 3. The van der Waals surface area contributed by atoms with Gasteiger partial charge in [-0.05, 0) is 17.3 Å². The molecule has 0 bridgehead atoms. The number of tetrazole rings is 1. The van der Waals surface area contributed by atoms with Gasteiger partial charge in [-0.2, -0.15) is 10.5 Å². The zero-order chi connectivity index (χ0) is 13.8. The number of nitrogens with one attached hydrogen (secondary N) is 2. The second-order valence-corrected chi connectivity index (χ2v) is 3.27. The van der Waals surface area contributed by atoms with Crippen LogP contribution in [0.4, 0.5) is 18.9 Å². The summed E-state index contributed by atoms with van der Waals surface area (Å²) < 4.78 is 39.5. The lowest BCUT2D eigenvalue weighted by Gasteiger charge is -2.05. The van der Waals surface area contributed by atoms with Crippen LogP contribution in [0, 0.1) is 28.8 Å². The minimum absolute atomic E-state index is 0.0628. The molecule has 0 unspecified atom stereocenters. The van der Waals surface area contributed by atoms with Gasteiger partial charge in [0.25, 0.3) is 0 Å². The van der Waals surface area contributed by atoms with Crippen molar-refractivity contribution in [3.05, 3.63) is 41.6 Å². The van der Waals surface area contributed by atoms with Crippen molar-refractivity contribution in [2.24, 2.45) is 0 Å². The fraction of sp³-hybridized carbons (Fsp3) is 0. The summed E-state index contributed by atoms with van der Waals surface area (Å²) in [5.74, 6) is -3.66. The van der Waals surface area contributed by atoms with Gasteiger partial charge in [-0.15, -0.1) is 10.2 Å². The van der Waals surface area contributed by atoms with Crippen molar-refractivity contribution in [1.82, 2.24) is 20.6 Å². The highest BCUT2D eigenvalue weighted by atomic mass is 19.2. The van der Waals surface area contributed by atoms with Crippen LogP contribution < -0.4 is 5.32 Å².